The van der Waals surface area contributed by atoms with Crippen LogP contribution in [0.5, 0.6) is 5.75 Å². The van der Waals surface area contributed by atoms with Crippen LogP contribution in [0.15, 0.2) is 96.7 Å². The van der Waals surface area contributed by atoms with Crippen LogP contribution in [0, 0.1) is 0 Å². The molecule has 2 aliphatic rings. The van der Waals surface area contributed by atoms with Crippen LogP contribution >= 0.6 is 0 Å². The van der Waals surface area contributed by atoms with Crippen LogP contribution in [0.1, 0.15) is 31.7 Å². The first-order chi connectivity index (χ1) is 15.3. The highest BCUT2D eigenvalue weighted by molar-refractivity contribution is 5.91. The second-order valence-electron chi connectivity index (χ2n) is 8.14. The van der Waals surface area contributed by atoms with E-state index in [1.165, 1.54) is 34.6 Å². The Kier molecular flexibility index (Phi) is 5.25. The Morgan fingerprint density at radius 2 is 1.58 bits per heavy atom. The maximum absolute atomic E-state index is 6.27. The molecule has 1 atom stereocenters. The van der Waals surface area contributed by atoms with Gasteiger partial charge in [-0.2, -0.15) is 0 Å². The summed E-state index contributed by atoms with van der Waals surface area (Å²) in [5.74, 6) is 0.942. The first-order valence-corrected chi connectivity index (χ1v) is 11.1. The molecule has 156 valence electrons. The fourth-order valence-corrected chi connectivity index (χ4v) is 4.44. The summed E-state index contributed by atoms with van der Waals surface area (Å²) in [6.07, 6.45) is 7.87. The van der Waals surface area contributed by atoms with Gasteiger partial charge in [0.05, 0.1) is 11.4 Å². The van der Waals surface area contributed by atoms with Gasteiger partial charge in [0.1, 0.15) is 5.75 Å². The van der Waals surface area contributed by atoms with Gasteiger partial charge in [-0.3, -0.25) is 0 Å². The third-order valence-electron chi connectivity index (χ3n) is 6.06. The topological polar surface area (TPSA) is 15.7 Å². The SMILES string of the molecule is CCCCC1=CC(=CC2Oc3ccccc3N2C)c2ccccc2N1c1ccccc1. The normalized spacial score (nSPS) is 18.5. The van der Waals surface area contributed by atoms with E-state index in [0.717, 1.165) is 24.3 Å². The van der Waals surface area contributed by atoms with Crippen LogP contribution in [0.25, 0.3) is 5.57 Å². The molecule has 3 aromatic rings. The minimum Gasteiger partial charge on any atom is -0.465 e. The Bertz CT molecular complexity index is 1130. The molecule has 0 fully saturated rings. The summed E-state index contributed by atoms with van der Waals surface area (Å²) >= 11 is 0. The average molecular weight is 409 g/mol. The molecule has 2 aliphatic heterocycles. The standard InChI is InChI=1S/C28H28N2O/c1-3-4-12-23-19-21(20-28-29(2)26-17-10-11-18-27(26)31-28)24-15-8-9-16-25(24)30(23)22-13-6-5-7-14-22/h5-11,13-20,28H,3-4,12H2,1-2H3. The van der Waals surface area contributed by atoms with Crippen molar-refractivity contribution >= 4 is 22.6 Å². The molecular weight excluding hydrogens is 380 g/mol. The number of rotatable bonds is 5. The zero-order chi connectivity index (χ0) is 21.2. The number of para-hydroxylation sites is 4. The van der Waals surface area contributed by atoms with Gasteiger partial charge in [0.2, 0.25) is 0 Å². The molecular formula is C28H28N2O. The molecule has 1 unspecified atom stereocenters. The fourth-order valence-electron chi connectivity index (χ4n) is 4.44. The highest BCUT2D eigenvalue weighted by Crippen LogP contribution is 2.43. The number of hydrogen-bond donors (Lipinski definition) is 0. The number of unbranched alkanes of at least 4 members (excludes halogenated alkanes) is 1. The molecule has 0 N–H and O–H groups in total. The summed E-state index contributed by atoms with van der Waals surface area (Å²) in [7, 11) is 2.10. The molecule has 0 spiro atoms. The zero-order valence-electron chi connectivity index (χ0n) is 18.2. The Morgan fingerprint density at radius 1 is 0.871 bits per heavy atom. The largest absolute Gasteiger partial charge is 0.465 e. The minimum atomic E-state index is -0.118. The number of hydrogen-bond acceptors (Lipinski definition) is 3. The maximum Gasteiger partial charge on any atom is 0.192 e. The van der Waals surface area contributed by atoms with E-state index in [9.17, 15) is 0 Å². The van der Waals surface area contributed by atoms with Gasteiger partial charge in [0.15, 0.2) is 6.23 Å². The van der Waals surface area contributed by atoms with Gasteiger partial charge in [-0.15, -0.1) is 0 Å². The third-order valence-corrected chi connectivity index (χ3v) is 6.06. The molecule has 2 heterocycles. The van der Waals surface area contributed by atoms with Crippen molar-refractivity contribution < 1.29 is 4.74 Å². The van der Waals surface area contributed by atoms with Gasteiger partial charge in [-0.1, -0.05) is 61.9 Å². The highest BCUT2D eigenvalue weighted by Gasteiger charge is 2.29. The number of allylic oxidation sites excluding steroid dienone is 3. The van der Waals surface area contributed by atoms with Gasteiger partial charge in [0, 0.05) is 24.0 Å². The van der Waals surface area contributed by atoms with Crippen LogP contribution in [0.2, 0.25) is 0 Å². The van der Waals surface area contributed by atoms with Crippen LogP contribution in [-0.2, 0) is 0 Å². The van der Waals surface area contributed by atoms with Gasteiger partial charge in [-0.25, -0.2) is 0 Å². The van der Waals surface area contributed by atoms with Crippen molar-refractivity contribution in [2.75, 3.05) is 16.8 Å². The maximum atomic E-state index is 6.27. The first kappa shape index (κ1) is 19.5. The Hall–Kier alpha value is -3.46. The number of likely N-dealkylation sites (N-methyl/N-ethyl adjacent to an activating group) is 1. The van der Waals surface area contributed by atoms with E-state index >= 15 is 0 Å². The van der Waals surface area contributed by atoms with E-state index in [1.807, 2.05) is 12.1 Å². The van der Waals surface area contributed by atoms with E-state index in [0.29, 0.717) is 0 Å². The van der Waals surface area contributed by atoms with E-state index in [1.54, 1.807) is 0 Å². The molecule has 0 saturated carbocycles. The number of anilines is 3. The fraction of sp³-hybridized carbons (Fsp3) is 0.214. The predicted molar refractivity (Wildman–Crippen MR) is 130 cm³/mol. The molecule has 3 aromatic carbocycles. The molecule has 0 aromatic heterocycles. The van der Waals surface area contributed by atoms with E-state index in [2.05, 4.69) is 103 Å². The molecule has 0 radical (unpaired) electrons. The summed E-state index contributed by atoms with van der Waals surface area (Å²) < 4.78 is 6.27. The molecule has 0 saturated heterocycles. The number of nitrogens with zero attached hydrogens (tertiary/aromatic N) is 2. The molecule has 3 nitrogen and oxygen atoms in total. The van der Waals surface area contributed by atoms with Gasteiger partial charge in [0.25, 0.3) is 0 Å². The van der Waals surface area contributed by atoms with Crippen molar-refractivity contribution in [2.45, 2.75) is 32.4 Å². The lowest BCUT2D eigenvalue weighted by molar-refractivity contribution is 0.280. The van der Waals surface area contributed by atoms with Gasteiger partial charge in [-0.05, 0) is 60.9 Å². The van der Waals surface area contributed by atoms with Crippen LogP contribution < -0.4 is 14.5 Å². The lowest BCUT2D eigenvalue weighted by Gasteiger charge is -2.34. The van der Waals surface area contributed by atoms with Crippen molar-refractivity contribution in [3.05, 3.63) is 102 Å². The third kappa shape index (κ3) is 3.61. The molecule has 3 heteroatoms. The summed E-state index contributed by atoms with van der Waals surface area (Å²) in [6.45, 7) is 2.25. The lowest BCUT2D eigenvalue weighted by atomic mass is 9.94. The first-order valence-electron chi connectivity index (χ1n) is 11.1. The summed E-state index contributed by atoms with van der Waals surface area (Å²) in [6, 6.07) is 27.6. The Balaban J connectivity index is 1.59. The molecule has 0 bridgehead atoms. The molecule has 0 aliphatic carbocycles. The second-order valence-corrected chi connectivity index (χ2v) is 8.14. The van der Waals surface area contributed by atoms with E-state index < -0.39 is 0 Å². The quantitative estimate of drug-likeness (QED) is 0.446. The molecule has 0 amide bonds. The zero-order valence-corrected chi connectivity index (χ0v) is 18.2. The molecule has 31 heavy (non-hydrogen) atoms. The number of ether oxygens (including phenoxy) is 1. The van der Waals surface area contributed by atoms with Crippen molar-refractivity contribution in [1.29, 1.82) is 0 Å². The average Bonchev–Trinajstić information content (AvgIpc) is 3.13. The van der Waals surface area contributed by atoms with Crippen LogP contribution in [0.4, 0.5) is 17.1 Å². The van der Waals surface area contributed by atoms with E-state index in [4.69, 9.17) is 4.74 Å². The second kappa shape index (κ2) is 8.35. The van der Waals surface area contributed by atoms with Crippen molar-refractivity contribution in [2.24, 2.45) is 0 Å². The minimum absolute atomic E-state index is 0.118. The molecule has 5 rings (SSSR count). The number of fused-ring (bicyclic) bond motifs is 2. The number of benzene rings is 3. The van der Waals surface area contributed by atoms with Crippen molar-refractivity contribution in [3.8, 4) is 5.75 Å². The Labute approximate surface area is 184 Å². The smallest absolute Gasteiger partial charge is 0.192 e. The lowest BCUT2D eigenvalue weighted by Crippen LogP contribution is -2.29. The predicted octanol–water partition coefficient (Wildman–Crippen LogP) is 7.15. The van der Waals surface area contributed by atoms with E-state index in [-0.39, 0.29) is 6.23 Å². The monoisotopic (exact) mass is 408 g/mol. The van der Waals surface area contributed by atoms with Crippen LogP contribution in [0.3, 0.4) is 0 Å². The summed E-state index contributed by atoms with van der Waals surface area (Å²) in [5.41, 5.74) is 7.36. The van der Waals surface area contributed by atoms with Gasteiger partial charge >= 0.3 is 0 Å². The van der Waals surface area contributed by atoms with Gasteiger partial charge < -0.3 is 14.5 Å². The summed E-state index contributed by atoms with van der Waals surface area (Å²) in [5, 5.41) is 0. The summed E-state index contributed by atoms with van der Waals surface area (Å²) in [4.78, 5) is 4.62. The van der Waals surface area contributed by atoms with Crippen LogP contribution in [-0.4, -0.2) is 13.3 Å². The van der Waals surface area contributed by atoms with Crippen molar-refractivity contribution in [3.63, 3.8) is 0 Å². The highest BCUT2D eigenvalue weighted by atomic mass is 16.5. The van der Waals surface area contributed by atoms with Crippen molar-refractivity contribution in [1.82, 2.24) is 0 Å². The Morgan fingerprint density at radius 3 is 2.35 bits per heavy atom.